The van der Waals surface area contributed by atoms with E-state index in [1.165, 1.54) is 25.7 Å². The molecule has 3 nitrogen and oxygen atoms in total. The molecule has 0 atom stereocenters. The van der Waals surface area contributed by atoms with Crippen molar-refractivity contribution in [3.8, 4) is 5.75 Å². The summed E-state index contributed by atoms with van der Waals surface area (Å²) in [5.74, 6) is 0.824. The predicted molar refractivity (Wildman–Crippen MR) is 107 cm³/mol. The maximum absolute atomic E-state index is 13.0. The third kappa shape index (κ3) is 4.98. The summed E-state index contributed by atoms with van der Waals surface area (Å²) in [5.41, 5.74) is 2.63. The molecule has 26 heavy (non-hydrogen) atoms. The second-order valence-corrected chi connectivity index (χ2v) is 6.86. The van der Waals surface area contributed by atoms with Gasteiger partial charge in [0.05, 0.1) is 7.11 Å². The maximum atomic E-state index is 13.0. The number of hydrogen-bond acceptors (Lipinski definition) is 2. The van der Waals surface area contributed by atoms with Crippen LogP contribution < -0.4 is 10.1 Å². The number of carbonyl (C=O) groups is 1. The van der Waals surface area contributed by atoms with Crippen molar-refractivity contribution in [2.75, 3.05) is 7.11 Å². The minimum absolute atomic E-state index is 0.0129. The van der Waals surface area contributed by atoms with Gasteiger partial charge in [-0.15, -0.1) is 0 Å². The zero-order valence-electron chi connectivity index (χ0n) is 15.4. The van der Waals surface area contributed by atoms with Crippen molar-refractivity contribution in [3.05, 3.63) is 65.7 Å². The van der Waals surface area contributed by atoms with Crippen molar-refractivity contribution in [1.82, 2.24) is 5.32 Å². The van der Waals surface area contributed by atoms with Crippen molar-refractivity contribution in [2.45, 2.75) is 44.6 Å². The molecule has 3 rings (SSSR count). The summed E-state index contributed by atoms with van der Waals surface area (Å²) in [6.07, 6.45) is 9.08. The lowest BCUT2D eigenvalue weighted by molar-refractivity contribution is -0.116. The fraction of sp³-hybridized carbons (Fsp3) is 0.348. The van der Waals surface area contributed by atoms with E-state index in [9.17, 15) is 4.79 Å². The Labute approximate surface area is 156 Å². The molecule has 1 saturated carbocycles. The molecule has 2 aromatic rings. The van der Waals surface area contributed by atoms with Crippen LogP contribution in [-0.2, 0) is 4.79 Å². The van der Waals surface area contributed by atoms with E-state index in [-0.39, 0.29) is 11.9 Å². The normalized spacial score (nSPS) is 16.0. The van der Waals surface area contributed by atoms with Gasteiger partial charge in [-0.2, -0.15) is 0 Å². The summed E-state index contributed by atoms with van der Waals surface area (Å²) >= 11 is 0. The SMILES string of the molecule is COc1ccc(/C=C(\C(=O)NC2CCCCCC2)c2ccccc2)cc1. The molecule has 2 aromatic carbocycles. The molecule has 1 fully saturated rings. The molecule has 136 valence electrons. The van der Waals surface area contributed by atoms with Crippen molar-refractivity contribution in [2.24, 2.45) is 0 Å². The number of nitrogens with one attached hydrogen (secondary N) is 1. The van der Waals surface area contributed by atoms with Crippen molar-refractivity contribution in [3.63, 3.8) is 0 Å². The van der Waals surface area contributed by atoms with Gasteiger partial charge in [0, 0.05) is 11.6 Å². The molecule has 1 aliphatic rings. The van der Waals surface area contributed by atoms with Gasteiger partial charge in [0.15, 0.2) is 0 Å². The Kier molecular flexibility index (Phi) is 6.48. The molecular formula is C23H27NO2. The van der Waals surface area contributed by atoms with E-state index in [4.69, 9.17) is 4.74 Å². The van der Waals surface area contributed by atoms with E-state index in [0.717, 1.165) is 29.7 Å². The first-order chi connectivity index (χ1) is 12.8. The van der Waals surface area contributed by atoms with E-state index in [1.807, 2.05) is 60.7 Å². The quantitative estimate of drug-likeness (QED) is 0.465. The number of ether oxygens (including phenoxy) is 1. The fourth-order valence-electron chi connectivity index (χ4n) is 3.45. The van der Waals surface area contributed by atoms with Crippen LogP contribution in [0.3, 0.4) is 0 Å². The first kappa shape index (κ1) is 18.2. The van der Waals surface area contributed by atoms with Crippen LogP contribution in [0.4, 0.5) is 0 Å². The van der Waals surface area contributed by atoms with E-state index in [1.54, 1.807) is 7.11 Å². The highest BCUT2D eigenvalue weighted by molar-refractivity contribution is 6.24. The number of carbonyl (C=O) groups excluding carboxylic acids is 1. The number of hydrogen-bond donors (Lipinski definition) is 1. The van der Waals surface area contributed by atoms with Gasteiger partial charge < -0.3 is 10.1 Å². The van der Waals surface area contributed by atoms with Crippen LogP contribution in [0.2, 0.25) is 0 Å². The largest absolute Gasteiger partial charge is 0.497 e. The molecule has 3 heteroatoms. The summed E-state index contributed by atoms with van der Waals surface area (Å²) in [6.45, 7) is 0. The second kappa shape index (κ2) is 9.23. The highest BCUT2D eigenvalue weighted by Crippen LogP contribution is 2.22. The van der Waals surface area contributed by atoms with E-state index < -0.39 is 0 Å². The molecule has 0 spiro atoms. The molecule has 0 saturated heterocycles. The van der Waals surface area contributed by atoms with Gasteiger partial charge in [-0.1, -0.05) is 68.1 Å². The van der Waals surface area contributed by atoms with Crippen LogP contribution in [0.5, 0.6) is 5.75 Å². The first-order valence-corrected chi connectivity index (χ1v) is 9.48. The smallest absolute Gasteiger partial charge is 0.252 e. The Balaban J connectivity index is 1.84. The molecular weight excluding hydrogens is 322 g/mol. The maximum Gasteiger partial charge on any atom is 0.252 e. The van der Waals surface area contributed by atoms with Crippen LogP contribution in [0, 0.1) is 0 Å². The summed E-state index contributed by atoms with van der Waals surface area (Å²) < 4.78 is 5.22. The molecule has 0 heterocycles. The standard InChI is InChI=1S/C23H27NO2/c1-26-21-15-13-18(14-16-21)17-22(19-9-5-4-6-10-19)23(25)24-20-11-7-2-3-8-12-20/h4-6,9-10,13-17,20H,2-3,7-8,11-12H2,1H3,(H,24,25)/b22-17-. The third-order valence-electron chi connectivity index (χ3n) is 4.95. The Hall–Kier alpha value is -2.55. The van der Waals surface area contributed by atoms with Gasteiger partial charge in [-0.3, -0.25) is 4.79 Å². The monoisotopic (exact) mass is 349 g/mol. The van der Waals surface area contributed by atoms with Crippen molar-refractivity contribution >= 4 is 17.6 Å². The molecule has 0 aromatic heterocycles. The van der Waals surface area contributed by atoms with Crippen molar-refractivity contribution < 1.29 is 9.53 Å². The molecule has 0 bridgehead atoms. The minimum Gasteiger partial charge on any atom is -0.497 e. The van der Waals surface area contributed by atoms with Gasteiger partial charge in [-0.25, -0.2) is 0 Å². The van der Waals surface area contributed by atoms with Gasteiger partial charge >= 0.3 is 0 Å². The number of amides is 1. The number of methoxy groups -OCH3 is 1. The molecule has 0 unspecified atom stereocenters. The van der Waals surface area contributed by atoms with Gasteiger partial charge in [0.2, 0.25) is 0 Å². The highest BCUT2D eigenvalue weighted by Gasteiger charge is 2.18. The van der Waals surface area contributed by atoms with E-state index in [2.05, 4.69) is 5.32 Å². The summed E-state index contributed by atoms with van der Waals surface area (Å²) in [5, 5.41) is 3.27. The molecule has 1 N–H and O–H groups in total. The molecule has 0 aliphatic heterocycles. The highest BCUT2D eigenvalue weighted by atomic mass is 16.5. The fourth-order valence-corrected chi connectivity index (χ4v) is 3.45. The van der Waals surface area contributed by atoms with E-state index in [0.29, 0.717) is 5.57 Å². The van der Waals surface area contributed by atoms with Gasteiger partial charge in [-0.05, 0) is 42.2 Å². The van der Waals surface area contributed by atoms with Gasteiger partial charge in [0.1, 0.15) is 5.75 Å². The Morgan fingerprint density at radius 1 is 0.962 bits per heavy atom. The van der Waals surface area contributed by atoms with Crippen LogP contribution in [0.25, 0.3) is 11.6 Å². The Morgan fingerprint density at radius 3 is 2.23 bits per heavy atom. The molecule has 0 radical (unpaired) electrons. The first-order valence-electron chi connectivity index (χ1n) is 9.48. The average molecular weight is 349 g/mol. The zero-order valence-corrected chi connectivity index (χ0v) is 15.4. The Bertz CT molecular complexity index is 727. The topological polar surface area (TPSA) is 38.3 Å². The third-order valence-corrected chi connectivity index (χ3v) is 4.95. The lowest BCUT2D eigenvalue weighted by Crippen LogP contribution is -2.34. The summed E-state index contributed by atoms with van der Waals surface area (Å²) in [6, 6.07) is 17.9. The zero-order chi connectivity index (χ0) is 18.2. The lowest BCUT2D eigenvalue weighted by Gasteiger charge is -2.18. The van der Waals surface area contributed by atoms with Crippen molar-refractivity contribution in [1.29, 1.82) is 0 Å². The summed E-state index contributed by atoms with van der Waals surface area (Å²) in [4.78, 5) is 13.0. The number of benzene rings is 2. The van der Waals surface area contributed by atoms with Gasteiger partial charge in [0.25, 0.3) is 5.91 Å². The minimum atomic E-state index is 0.0129. The molecule has 1 aliphatic carbocycles. The second-order valence-electron chi connectivity index (χ2n) is 6.86. The average Bonchev–Trinajstić information content (AvgIpc) is 2.96. The lowest BCUT2D eigenvalue weighted by atomic mass is 10.0. The summed E-state index contributed by atoms with van der Waals surface area (Å²) in [7, 11) is 1.65. The Morgan fingerprint density at radius 2 is 1.62 bits per heavy atom. The van der Waals surface area contributed by atoms with Crippen LogP contribution in [0.15, 0.2) is 54.6 Å². The van der Waals surface area contributed by atoms with E-state index >= 15 is 0 Å². The van der Waals surface area contributed by atoms with Crippen LogP contribution in [0.1, 0.15) is 49.7 Å². The molecule has 1 amide bonds. The van der Waals surface area contributed by atoms with Crippen LogP contribution >= 0.6 is 0 Å². The number of rotatable bonds is 5. The predicted octanol–water partition coefficient (Wildman–Crippen LogP) is 5.07. The van der Waals surface area contributed by atoms with Crippen LogP contribution in [-0.4, -0.2) is 19.1 Å².